The van der Waals surface area contributed by atoms with Crippen molar-refractivity contribution in [1.29, 1.82) is 0 Å². The quantitative estimate of drug-likeness (QED) is 0.671. The number of hydrogen-bond acceptors (Lipinski definition) is 2. The van der Waals surface area contributed by atoms with Crippen LogP contribution in [0.2, 0.25) is 0 Å². The Labute approximate surface area is 76.1 Å². The molecule has 0 aromatic heterocycles. The summed E-state index contributed by atoms with van der Waals surface area (Å²) < 4.78 is 0. The molecule has 1 atom stereocenters. The van der Waals surface area contributed by atoms with Gasteiger partial charge in [0.2, 0.25) is 0 Å². The zero-order valence-electron chi connectivity index (χ0n) is 8.61. The van der Waals surface area contributed by atoms with Gasteiger partial charge in [0.05, 0.1) is 0 Å². The third-order valence-electron chi connectivity index (χ3n) is 2.31. The van der Waals surface area contributed by atoms with Crippen LogP contribution >= 0.6 is 0 Å². The first kappa shape index (κ1) is 10.0. The highest BCUT2D eigenvalue weighted by Crippen LogP contribution is 2.08. The molecular formula is C10H22N2. The maximum atomic E-state index is 3.51. The molecule has 1 aliphatic rings. The molecule has 1 rings (SSSR count). The zero-order valence-corrected chi connectivity index (χ0v) is 8.61. The van der Waals surface area contributed by atoms with E-state index in [4.69, 9.17) is 0 Å². The monoisotopic (exact) mass is 170 g/mol. The average molecular weight is 170 g/mol. The predicted octanol–water partition coefficient (Wildman–Crippen LogP) is 1.52. The van der Waals surface area contributed by atoms with Crippen molar-refractivity contribution in [2.24, 2.45) is 0 Å². The lowest BCUT2D eigenvalue weighted by Gasteiger charge is -2.21. The Morgan fingerprint density at radius 1 is 1.42 bits per heavy atom. The van der Waals surface area contributed by atoms with Crippen LogP contribution in [0.5, 0.6) is 0 Å². The lowest BCUT2D eigenvalue weighted by molar-refractivity contribution is 0.403. The topological polar surface area (TPSA) is 24.1 Å². The van der Waals surface area contributed by atoms with Crippen molar-refractivity contribution in [3.63, 3.8) is 0 Å². The second kappa shape index (κ2) is 4.24. The van der Waals surface area contributed by atoms with Crippen LogP contribution in [0.25, 0.3) is 0 Å². The molecule has 1 heterocycles. The van der Waals surface area contributed by atoms with Crippen LogP contribution in [0.1, 0.15) is 40.0 Å². The Balaban J connectivity index is 2.02. The summed E-state index contributed by atoms with van der Waals surface area (Å²) in [4.78, 5) is 0. The second-order valence-corrected chi connectivity index (χ2v) is 4.76. The zero-order chi connectivity index (χ0) is 9.03. The molecule has 1 fully saturated rings. The van der Waals surface area contributed by atoms with Gasteiger partial charge in [-0.25, -0.2) is 0 Å². The van der Waals surface area contributed by atoms with Crippen molar-refractivity contribution >= 4 is 0 Å². The Hall–Kier alpha value is -0.0800. The molecule has 0 aromatic carbocycles. The van der Waals surface area contributed by atoms with Crippen LogP contribution in [0.4, 0.5) is 0 Å². The average Bonchev–Trinajstić information content (AvgIpc) is 2.36. The maximum Gasteiger partial charge on any atom is 0.00965 e. The van der Waals surface area contributed by atoms with Crippen molar-refractivity contribution in [3.05, 3.63) is 0 Å². The minimum Gasteiger partial charge on any atom is -0.314 e. The summed E-state index contributed by atoms with van der Waals surface area (Å²) in [5.41, 5.74) is 0.276. The Bertz CT molecular complexity index is 120. The summed E-state index contributed by atoms with van der Waals surface area (Å²) in [7, 11) is 0. The Morgan fingerprint density at radius 3 is 2.67 bits per heavy atom. The lowest BCUT2D eigenvalue weighted by Crippen LogP contribution is -2.38. The van der Waals surface area contributed by atoms with Crippen LogP contribution < -0.4 is 10.6 Å². The number of hydrogen-bond donors (Lipinski definition) is 2. The molecule has 0 aliphatic carbocycles. The predicted molar refractivity (Wildman–Crippen MR) is 53.4 cm³/mol. The van der Waals surface area contributed by atoms with E-state index in [1.807, 2.05) is 0 Å². The van der Waals surface area contributed by atoms with Gasteiger partial charge in [-0.05, 0) is 53.1 Å². The van der Waals surface area contributed by atoms with Gasteiger partial charge in [-0.3, -0.25) is 0 Å². The first-order valence-electron chi connectivity index (χ1n) is 5.06. The van der Waals surface area contributed by atoms with Crippen LogP contribution in [0.15, 0.2) is 0 Å². The van der Waals surface area contributed by atoms with Gasteiger partial charge >= 0.3 is 0 Å². The molecule has 0 radical (unpaired) electrons. The fraction of sp³-hybridized carbons (Fsp3) is 1.00. The van der Waals surface area contributed by atoms with Gasteiger partial charge in [-0.2, -0.15) is 0 Å². The Morgan fingerprint density at radius 2 is 2.17 bits per heavy atom. The Kier molecular flexibility index (Phi) is 3.53. The van der Waals surface area contributed by atoms with E-state index in [0.29, 0.717) is 0 Å². The molecule has 0 spiro atoms. The van der Waals surface area contributed by atoms with Gasteiger partial charge < -0.3 is 10.6 Å². The molecule has 2 heteroatoms. The van der Waals surface area contributed by atoms with Crippen LogP contribution in [-0.4, -0.2) is 24.7 Å². The molecular weight excluding hydrogens is 148 g/mol. The van der Waals surface area contributed by atoms with E-state index < -0.39 is 0 Å². The van der Waals surface area contributed by atoms with Crippen molar-refractivity contribution < 1.29 is 0 Å². The molecule has 72 valence electrons. The fourth-order valence-electron chi connectivity index (χ4n) is 1.62. The molecule has 0 bridgehead atoms. The van der Waals surface area contributed by atoms with Crippen LogP contribution in [0, 0.1) is 0 Å². The molecule has 0 amide bonds. The minimum atomic E-state index is 0.276. The van der Waals surface area contributed by atoms with Gasteiger partial charge in [0.15, 0.2) is 0 Å². The summed E-state index contributed by atoms with van der Waals surface area (Å²) in [6.45, 7) is 9.01. The van der Waals surface area contributed by atoms with E-state index >= 15 is 0 Å². The van der Waals surface area contributed by atoms with E-state index in [1.54, 1.807) is 0 Å². The van der Waals surface area contributed by atoms with E-state index in [2.05, 4.69) is 31.4 Å². The highest BCUT2D eigenvalue weighted by atomic mass is 15.0. The van der Waals surface area contributed by atoms with E-state index in [1.165, 1.54) is 25.8 Å². The maximum absolute atomic E-state index is 3.51. The van der Waals surface area contributed by atoms with Gasteiger partial charge in [0, 0.05) is 11.6 Å². The summed E-state index contributed by atoms with van der Waals surface area (Å²) in [5.74, 6) is 0. The van der Waals surface area contributed by atoms with Gasteiger partial charge in [0.1, 0.15) is 0 Å². The number of rotatable bonds is 3. The van der Waals surface area contributed by atoms with Crippen LogP contribution in [0.3, 0.4) is 0 Å². The summed E-state index contributed by atoms with van der Waals surface area (Å²) >= 11 is 0. The minimum absolute atomic E-state index is 0.276. The van der Waals surface area contributed by atoms with E-state index in [-0.39, 0.29) is 5.54 Å². The normalized spacial score (nSPS) is 24.8. The molecule has 1 aliphatic heterocycles. The summed E-state index contributed by atoms with van der Waals surface area (Å²) in [6.07, 6.45) is 4.00. The van der Waals surface area contributed by atoms with Crippen LogP contribution in [-0.2, 0) is 0 Å². The smallest absolute Gasteiger partial charge is 0.00965 e. The fourth-order valence-corrected chi connectivity index (χ4v) is 1.62. The SMILES string of the molecule is CC(C)(C)NCCC1CCCN1. The van der Waals surface area contributed by atoms with Crippen molar-refractivity contribution in [3.8, 4) is 0 Å². The van der Waals surface area contributed by atoms with Gasteiger partial charge in [-0.1, -0.05) is 0 Å². The largest absolute Gasteiger partial charge is 0.314 e. The molecule has 2 N–H and O–H groups in total. The highest BCUT2D eigenvalue weighted by molar-refractivity contribution is 4.77. The van der Waals surface area contributed by atoms with E-state index in [9.17, 15) is 0 Å². The molecule has 1 unspecified atom stereocenters. The van der Waals surface area contributed by atoms with Crippen molar-refractivity contribution in [2.45, 2.75) is 51.6 Å². The van der Waals surface area contributed by atoms with Crippen molar-refractivity contribution in [1.82, 2.24) is 10.6 Å². The standard InChI is InChI=1S/C10H22N2/c1-10(2,3)12-8-6-9-5-4-7-11-9/h9,11-12H,4-8H2,1-3H3. The van der Waals surface area contributed by atoms with Gasteiger partial charge in [0.25, 0.3) is 0 Å². The van der Waals surface area contributed by atoms with E-state index in [0.717, 1.165) is 12.6 Å². The molecule has 0 aromatic rings. The summed E-state index contributed by atoms with van der Waals surface area (Å²) in [5, 5.41) is 7.01. The first-order valence-corrected chi connectivity index (χ1v) is 5.06. The van der Waals surface area contributed by atoms with Crippen molar-refractivity contribution in [2.75, 3.05) is 13.1 Å². The first-order chi connectivity index (χ1) is 5.58. The van der Waals surface area contributed by atoms with Gasteiger partial charge in [-0.15, -0.1) is 0 Å². The third kappa shape index (κ3) is 4.07. The molecule has 12 heavy (non-hydrogen) atoms. The third-order valence-corrected chi connectivity index (χ3v) is 2.31. The second-order valence-electron chi connectivity index (χ2n) is 4.76. The summed E-state index contributed by atoms with van der Waals surface area (Å²) in [6, 6.07) is 0.778. The number of nitrogens with one attached hydrogen (secondary N) is 2. The highest BCUT2D eigenvalue weighted by Gasteiger charge is 2.14. The molecule has 2 nitrogen and oxygen atoms in total. The lowest BCUT2D eigenvalue weighted by atomic mass is 10.1. The molecule has 1 saturated heterocycles. The molecule has 0 saturated carbocycles.